The molecule has 0 bridgehead atoms. The SMILES string of the molecule is COc1ccc(NC(=O)C2(N(Cc3ccco3)C(=O)C[C@@H]3[C@@H](c4c(C)[nH]c5ccccc45)C3(C)C)CCSCC2)c(OC)c1. The van der Waals surface area contributed by atoms with Crippen LogP contribution in [0.4, 0.5) is 5.69 Å². The predicted molar refractivity (Wildman–Crippen MR) is 174 cm³/mol. The van der Waals surface area contributed by atoms with Crippen molar-refractivity contribution in [3.8, 4) is 11.5 Å². The van der Waals surface area contributed by atoms with E-state index >= 15 is 0 Å². The van der Waals surface area contributed by atoms with Crippen LogP contribution in [0.2, 0.25) is 0 Å². The molecule has 2 aromatic carbocycles. The molecule has 0 spiro atoms. The highest BCUT2D eigenvalue weighted by Crippen LogP contribution is 2.67. The van der Waals surface area contributed by atoms with E-state index in [0.29, 0.717) is 42.2 Å². The molecule has 0 unspecified atom stereocenters. The maximum atomic E-state index is 14.6. The number of aromatic nitrogens is 1. The monoisotopic (exact) mass is 615 g/mol. The summed E-state index contributed by atoms with van der Waals surface area (Å²) in [6.45, 7) is 6.86. The summed E-state index contributed by atoms with van der Waals surface area (Å²) in [5, 5.41) is 4.35. The molecule has 4 aromatic rings. The zero-order chi connectivity index (χ0) is 31.1. The summed E-state index contributed by atoms with van der Waals surface area (Å²) >= 11 is 1.81. The molecule has 2 N–H and O–H groups in total. The van der Waals surface area contributed by atoms with E-state index in [9.17, 15) is 9.59 Å². The molecule has 6 rings (SSSR count). The number of H-pyrrole nitrogens is 1. The van der Waals surface area contributed by atoms with Gasteiger partial charge in [0.05, 0.1) is 32.7 Å². The number of fused-ring (bicyclic) bond motifs is 1. The van der Waals surface area contributed by atoms with E-state index in [1.54, 1.807) is 38.7 Å². The zero-order valence-electron chi connectivity index (χ0n) is 26.1. The highest BCUT2D eigenvalue weighted by Gasteiger charge is 2.60. The van der Waals surface area contributed by atoms with E-state index in [-0.39, 0.29) is 35.6 Å². The Kier molecular flexibility index (Phi) is 8.18. The number of aryl methyl sites for hydroxylation is 1. The second-order valence-electron chi connectivity index (χ2n) is 12.5. The third kappa shape index (κ3) is 5.36. The summed E-state index contributed by atoms with van der Waals surface area (Å²) in [6, 6.07) is 17.4. The number of thioether (sulfide) groups is 1. The Labute approximate surface area is 262 Å². The van der Waals surface area contributed by atoms with Gasteiger partial charge in [0.1, 0.15) is 22.8 Å². The van der Waals surface area contributed by atoms with Crippen molar-refractivity contribution < 1.29 is 23.5 Å². The van der Waals surface area contributed by atoms with Crippen LogP contribution < -0.4 is 14.8 Å². The van der Waals surface area contributed by atoms with Gasteiger partial charge in [-0.3, -0.25) is 9.59 Å². The molecule has 2 fully saturated rings. The molecule has 9 heteroatoms. The summed E-state index contributed by atoms with van der Waals surface area (Å²) in [5.41, 5.74) is 3.02. The molecule has 1 saturated carbocycles. The van der Waals surface area contributed by atoms with Gasteiger partial charge in [-0.1, -0.05) is 32.0 Å². The summed E-state index contributed by atoms with van der Waals surface area (Å²) in [6.07, 6.45) is 3.07. The van der Waals surface area contributed by atoms with Crippen molar-refractivity contribution in [2.75, 3.05) is 31.0 Å². The Balaban J connectivity index is 1.33. The number of ether oxygens (including phenoxy) is 2. The van der Waals surface area contributed by atoms with Crippen molar-refractivity contribution in [3.63, 3.8) is 0 Å². The maximum Gasteiger partial charge on any atom is 0.250 e. The Morgan fingerprint density at radius 2 is 1.84 bits per heavy atom. The molecule has 2 aliphatic rings. The lowest BCUT2D eigenvalue weighted by atomic mass is 9.87. The second kappa shape index (κ2) is 11.9. The van der Waals surface area contributed by atoms with Crippen LogP contribution in [-0.4, -0.2) is 53.0 Å². The summed E-state index contributed by atoms with van der Waals surface area (Å²) in [5.74, 6) is 3.50. The average molecular weight is 616 g/mol. The lowest BCUT2D eigenvalue weighted by Crippen LogP contribution is -2.60. The molecule has 8 nitrogen and oxygen atoms in total. The minimum Gasteiger partial charge on any atom is -0.497 e. The molecule has 2 atom stereocenters. The normalized spacial score (nSPS) is 20.2. The van der Waals surface area contributed by atoms with Gasteiger partial charge in [0.15, 0.2) is 0 Å². The standard InChI is InChI=1S/C35H41N3O5S/c1-22-31(25-10-6-7-11-27(25)36-22)32-26(34(32,2)3)20-30(39)38(21-24-9-8-16-43-24)35(14-17-44-18-15-35)33(40)37-28-13-12-23(41-4)19-29(28)42-5/h6-13,16,19,26,32,36H,14-15,17-18,20-21H2,1-5H3,(H,37,40)/t26-,32+/m1/s1. The number of nitrogens with one attached hydrogen (secondary N) is 2. The van der Waals surface area contributed by atoms with Crippen molar-refractivity contribution in [1.29, 1.82) is 0 Å². The van der Waals surface area contributed by atoms with E-state index in [4.69, 9.17) is 13.9 Å². The summed E-state index contributed by atoms with van der Waals surface area (Å²) < 4.78 is 16.7. The van der Waals surface area contributed by atoms with Gasteiger partial charge < -0.3 is 29.1 Å². The van der Waals surface area contributed by atoms with Gasteiger partial charge in [-0.05, 0) is 84.4 Å². The molecular formula is C35H41N3O5S. The van der Waals surface area contributed by atoms with Crippen LogP contribution in [-0.2, 0) is 16.1 Å². The molecule has 1 aliphatic carbocycles. The Morgan fingerprint density at radius 1 is 1.07 bits per heavy atom. The van der Waals surface area contributed by atoms with Gasteiger partial charge in [0.25, 0.3) is 5.91 Å². The lowest BCUT2D eigenvalue weighted by molar-refractivity contribution is -0.148. The molecule has 3 heterocycles. The topological polar surface area (TPSA) is 96.8 Å². The fourth-order valence-corrected chi connectivity index (χ4v) is 8.37. The van der Waals surface area contributed by atoms with E-state index in [0.717, 1.165) is 22.7 Å². The van der Waals surface area contributed by atoms with Crippen LogP contribution in [0.5, 0.6) is 11.5 Å². The largest absolute Gasteiger partial charge is 0.497 e. The Hall–Kier alpha value is -3.85. The minimum atomic E-state index is -1.04. The average Bonchev–Trinajstić information content (AvgIpc) is 3.40. The number of aromatic amines is 1. The fourth-order valence-electron chi connectivity index (χ4n) is 7.20. The number of hydrogen-bond donors (Lipinski definition) is 2. The minimum absolute atomic E-state index is 0.0248. The second-order valence-corrected chi connectivity index (χ2v) is 13.8. The van der Waals surface area contributed by atoms with Gasteiger partial charge in [0, 0.05) is 29.1 Å². The van der Waals surface area contributed by atoms with E-state index < -0.39 is 5.54 Å². The molecule has 2 amide bonds. The smallest absolute Gasteiger partial charge is 0.250 e. The first-order valence-electron chi connectivity index (χ1n) is 15.2. The Bertz CT molecular complexity index is 1650. The number of furan rings is 1. The van der Waals surface area contributed by atoms with Crippen LogP contribution in [0.25, 0.3) is 10.9 Å². The predicted octanol–water partition coefficient (Wildman–Crippen LogP) is 7.15. The van der Waals surface area contributed by atoms with Crippen molar-refractivity contribution in [2.45, 2.75) is 58.0 Å². The van der Waals surface area contributed by atoms with Crippen LogP contribution >= 0.6 is 11.8 Å². The number of amides is 2. The van der Waals surface area contributed by atoms with Crippen LogP contribution in [0, 0.1) is 18.3 Å². The first-order valence-corrected chi connectivity index (χ1v) is 16.4. The third-order valence-electron chi connectivity index (χ3n) is 9.81. The van der Waals surface area contributed by atoms with E-state index in [2.05, 4.69) is 49.3 Å². The number of carbonyl (C=O) groups is 2. The van der Waals surface area contributed by atoms with Crippen molar-refractivity contribution in [1.82, 2.24) is 9.88 Å². The molecular weight excluding hydrogens is 574 g/mol. The number of para-hydroxylation sites is 1. The number of benzene rings is 2. The van der Waals surface area contributed by atoms with Crippen molar-refractivity contribution in [3.05, 3.63) is 77.9 Å². The van der Waals surface area contributed by atoms with E-state index in [1.807, 2.05) is 34.9 Å². The summed E-state index contributed by atoms with van der Waals surface area (Å²) in [7, 11) is 3.15. The first-order chi connectivity index (χ1) is 21.2. The van der Waals surface area contributed by atoms with Gasteiger partial charge in [-0.25, -0.2) is 0 Å². The van der Waals surface area contributed by atoms with Gasteiger partial charge in [0.2, 0.25) is 5.91 Å². The number of nitrogens with zero attached hydrogens (tertiary/aromatic N) is 1. The molecule has 0 radical (unpaired) electrons. The number of rotatable bonds is 10. The molecule has 1 saturated heterocycles. The maximum absolute atomic E-state index is 14.6. The van der Waals surface area contributed by atoms with Gasteiger partial charge in [-0.2, -0.15) is 11.8 Å². The van der Waals surface area contributed by atoms with Crippen LogP contribution in [0.15, 0.2) is 65.3 Å². The Morgan fingerprint density at radius 3 is 2.55 bits per heavy atom. The van der Waals surface area contributed by atoms with Crippen molar-refractivity contribution in [2.24, 2.45) is 11.3 Å². The van der Waals surface area contributed by atoms with Crippen molar-refractivity contribution >= 4 is 40.2 Å². The van der Waals surface area contributed by atoms with Crippen LogP contribution in [0.1, 0.15) is 56.0 Å². The summed E-state index contributed by atoms with van der Waals surface area (Å²) in [4.78, 5) is 34.4. The molecule has 2 aromatic heterocycles. The number of hydrogen-bond acceptors (Lipinski definition) is 6. The number of anilines is 1. The lowest BCUT2D eigenvalue weighted by Gasteiger charge is -2.44. The third-order valence-corrected chi connectivity index (χ3v) is 10.8. The van der Waals surface area contributed by atoms with Crippen LogP contribution in [0.3, 0.4) is 0 Å². The highest BCUT2D eigenvalue weighted by atomic mass is 32.2. The fraction of sp³-hybridized carbons (Fsp3) is 0.429. The van der Waals surface area contributed by atoms with Gasteiger partial charge >= 0.3 is 0 Å². The highest BCUT2D eigenvalue weighted by molar-refractivity contribution is 7.99. The quantitative estimate of drug-likeness (QED) is 0.197. The van der Waals surface area contributed by atoms with E-state index in [1.165, 1.54) is 10.9 Å². The zero-order valence-corrected chi connectivity index (χ0v) is 26.9. The first kappa shape index (κ1) is 30.2. The molecule has 44 heavy (non-hydrogen) atoms. The molecule has 232 valence electrons. The van der Waals surface area contributed by atoms with Gasteiger partial charge in [-0.15, -0.1) is 0 Å². The molecule has 1 aliphatic heterocycles. The number of carbonyl (C=O) groups excluding carboxylic acids is 2. The number of methoxy groups -OCH3 is 2.